The van der Waals surface area contributed by atoms with Crippen molar-refractivity contribution in [2.24, 2.45) is 0 Å². The summed E-state index contributed by atoms with van der Waals surface area (Å²) in [6.07, 6.45) is 1.39. The lowest BCUT2D eigenvalue weighted by molar-refractivity contribution is -0.124. The van der Waals surface area contributed by atoms with E-state index in [4.69, 9.17) is 27.9 Å². The minimum Gasteiger partial charge on any atom is -0.497 e. The van der Waals surface area contributed by atoms with E-state index in [1.165, 1.54) is 49.6 Å². The van der Waals surface area contributed by atoms with E-state index in [0.29, 0.717) is 21.5 Å². The van der Waals surface area contributed by atoms with Crippen molar-refractivity contribution in [3.63, 3.8) is 0 Å². The number of halogens is 3. The first-order valence-corrected chi connectivity index (χ1v) is 18.5. The molecule has 1 unspecified atom stereocenters. The van der Waals surface area contributed by atoms with Gasteiger partial charge in [-0.1, -0.05) is 51.3 Å². The van der Waals surface area contributed by atoms with Gasteiger partial charge in [-0.3, -0.25) is 9.36 Å². The number of carbonyl (C=O) groups is 1. The number of sulfonamides is 2. The molecule has 0 aliphatic carbocycles. The van der Waals surface area contributed by atoms with Crippen molar-refractivity contribution in [2.45, 2.75) is 28.8 Å². The minimum absolute atomic E-state index is 0.0587. The number of fused-ring (bicyclic) bond motifs is 1. The Hall–Kier alpha value is -2.98. The highest BCUT2D eigenvalue weighted by Gasteiger charge is 2.52. The van der Waals surface area contributed by atoms with E-state index in [-0.39, 0.29) is 48.5 Å². The van der Waals surface area contributed by atoms with Gasteiger partial charge in [-0.2, -0.15) is 8.61 Å². The Morgan fingerprint density at radius 2 is 1.43 bits per heavy atom. The monoisotopic (exact) mass is 767 g/mol. The molecule has 0 radical (unpaired) electrons. The molecule has 2 aliphatic heterocycles. The summed E-state index contributed by atoms with van der Waals surface area (Å²) in [5.41, 5.74) is -0.267. The van der Waals surface area contributed by atoms with Crippen molar-refractivity contribution in [3.05, 3.63) is 93.0 Å². The van der Waals surface area contributed by atoms with Gasteiger partial charge in [0, 0.05) is 47.1 Å². The lowest BCUT2D eigenvalue weighted by Gasteiger charge is -2.34. The van der Waals surface area contributed by atoms with Crippen LogP contribution in [0.15, 0.2) is 87.3 Å². The highest BCUT2D eigenvalue weighted by atomic mass is 79.9. The van der Waals surface area contributed by atoms with Gasteiger partial charge in [0.2, 0.25) is 16.0 Å². The van der Waals surface area contributed by atoms with Crippen LogP contribution in [0.1, 0.15) is 12.5 Å². The summed E-state index contributed by atoms with van der Waals surface area (Å²) in [6, 6.07) is 18.1. The number of piperazine rings is 1. The number of methoxy groups -OCH3 is 1. The first-order chi connectivity index (χ1) is 21.8. The van der Waals surface area contributed by atoms with E-state index in [1.54, 1.807) is 31.2 Å². The fourth-order valence-corrected chi connectivity index (χ4v) is 9.60. The van der Waals surface area contributed by atoms with Crippen LogP contribution >= 0.6 is 39.1 Å². The minimum atomic E-state index is -4.24. The van der Waals surface area contributed by atoms with Crippen LogP contribution < -0.4 is 9.64 Å². The van der Waals surface area contributed by atoms with Crippen LogP contribution in [-0.2, 0) is 36.8 Å². The van der Waals surface area contributed by atoms with E-state index < -0.39 is 31.5 Å². The van der Waals surface area contributed by atoms with Gasteiger partial charge in [-0.05, 0) is 67.1 Å². The largest absolute Gasteiger partial charge is 0.497 e. The summed E-state index contributed by atoms with van der Waals surface area (Å²) in [5, 5.41) is 0.410. The number of imidazole rings is 1. The molecule has 1 saturated heterocycles. The maximum Gasteiger partial charge on any atom is 0.260 e. The third-order valence-electron chi connectivity index (χ3n) is 8.13. The highest BCUT2D eigenvalue weighted by molar-refractivity contribution is 9.10. The van der Waals surface area contributed by atoms with Crippen LogP contribution in [0, 0.1) is 0 Å². The number of nitrogens with zero attached hydrogens (tertiary/aromatic N) is 5. The molecular weight excluding hydrogens is 741 g/mol. The Labute approximate surface area is 285 Å². The normalized spacial score (nSPS) is 19.4. The van der Waals surface area contributed by atoms with Crippen LogP contribution in [0.4, 0.5) is 11.6 Å². The number of hydrogen-bond donors (Lipinski definition) is 0. The summed E-state index contributed by atoms with van der Waals surface area (Å²) >= 11 is 16.0. The van der Waals surface area contributed by atoms with Crippen molar-refractivity contribution >= 4 is 76.7 Å². The Morgan fingerprint density at radius 3 is 2.00 bits per heavy atom. The van der Waals surface area contributed by atoms with Crippen molar-refractivity contribution in [1.82, 2.24) is 18.2 Å². The second kappa shape index (κ2) is 12.2. The van der Waals surface area contributed by atoms with Crippen molar-refractivity contribution < 1.29 is 26.4 Å². The predicted octanol–water partition coefficient (Wildman–Crippen LogP) is 5.29. The van der Waals surface area contributed by atoms with Gasteiger partial charge in [-0.25, -0.2) is 26.7 Å². The molecule has 0 N–H and O–H groups in total. The highest BCUT2D eigenvalue weighted by Crippen LogP contribution is 2.45. The maximum atomic E-state index is 14.3. The Bertz CT molecular complexity index is 2010. The number of ether oxygens (including phenoxy) is 1. The van der Waals surface area contributed by atoms with E-state index in [9.17, 15) is 21.6 Å². The average molecular weight is 770 g/mol. The summed E-state index contributed by atoms with van der Waals surface area (Å²) < 4.78 is 65.0. The number of rotatable bonds is 8. The quantitative estimate of drug-likeness (QED) is 0.239. The first kappa shape index (κ1) is 32.9. The average Bonchev–Trinajstić information content (AvgIpc) is 3.56. The summed E-state index contributed by atoms with van der Waals surface area (Å²) in [6.45, 7) is 1.37. The Morgan fingerprint density at radius 1 is 0.870 bits per heavy atom. The fourth-order valence-electron chi connectivity index (χ4n) is 5.79. The third kappa shape index (κ3) is 5.74. The molecule has 0 spiro atoms. The lowest BCUT2D eigenvalue weighted by atomic mass is 9.92. The fraction of sp³-hybridized carbons (Fsp3) is 0.267. The maximum absolute atomic E-state index is 14.3. The second-order valence-corrected chi connectivity index (χ2v) is 16.7. The van der Waals surface area contributed by atoms with Crippen LogP contribution in [0.5, 0.6) is 5.75 Å². The van der Waals surface area contributed by atoms with Gasteiger partial charge < -0.3 is 4.74 Å². The molecule has 1 aromatic heterocycles. The van der Waals surface area contributed by atoms with Gasteiger partial charge in [0.15, 0.2) is 5.03 Å². The smallest absolute Gasteiger partial charge is 0.260 e. The van der Waals surface area contributed by atoms with Crippen molar-refractivity contribution in [1.29, 1.82) is 0 Å². The number of benzene rings is 3. The van der Waals surface area contributed by atoms with Crippen LogP contribution in [-0.4, -0.2) is 74.2 Å². The predicted molar refractivity (Wildman–Crippen MR) is 178 cm³/mol. The molecule has 0 saturated carbocycles. The summed E-state index contributed by atoms with van der Waals surface area (Å²) in [4.78, 5) is 20.2. The molecular formula is C30H28BrCl2N5O6S2. The third-order valence-corrected chi connectivity index (χ3v) is 12.9. The van der Waals surface area contributed by atoms with Gasteiger partial charge in [-0.15, -0.1) is 0 Å². The van der Waals surface area contributed by atoms with E-state index in [1.807, 2.05) is 24.3 Å². The van der Waals surface area contributed by atoms with Gasteiger partial charge in [0.25, 0.3) is 15.9 Å². The number of hydrogen-bond acceptors (Lipinski definition) is 7. The number of amides is 1. The molecule has 1 amide bonds. The van der Waals surface area contributed by atoms with E-state index in [2.05, 4.69) is 20.9 Å². The zero-order valence-corrected chi connectivity index (χ0v) is 29.3. The molecule has 4 aromatic rings. The zero-order chi connectivity index (χ0) is 33.0. The standard InChI is InChI=1S/C30H28BrCl2N5O6S2/c1-30(18-20-3-5-21(31)6-4-20)28(39)37(24-16-22(32)15-23(33)17-24)29-34-19-27(38(29)30)46(42,43)36-13-11-35(12-14-36)45(40,41)26-9-7-25(44-2)8-10-26/h3-10,15-17,19H,11-14,18H2,1-2H3. The van der Waals surface area contributed by atoms with E-state index in [0.717, 1.165) is 10.0 Å². The van der Waals surface area contributed by atoms with E-state index >= 15 is 0 Å². The van der Waals surface area contributed by atoms with Gasteiger partial charge >= 0.3 is 0 Å². The van der Waals surface area contributed by atoms with Crippen molar-refractivity contribution in [3.8, 4) is 5.75 Å². The lowest BCUT2D eigenvalue weighted by Crippen LogP contribution is -2.51. The molecule has 1 fully saturated rings. The summed E-state index contributed by atoms with van der Waals surface area (Å²) in [5.74, 6) is 0.205. The molecule has 1 atom stereocenters. The van der Waals surface area contributed by atoms with Crippen molar-refractivity contribution in [2.75, 3.05) is 38.2 Å². The Kier molecular flexibility index (Phi) is 8.76. The molecule has 46 heavy (non-hydrogen) atoms. The zero-order valence-electron chi connectivity index (χ0n) is 24.6. The van der Waals surface area contributed by atoms with Crippen LogP contribution in [0.3, 0.4) is 0 Å². The number of anilines is 2. The number of aromatic nitrogens is 2. The molecule has 2 aliphatic rings. The van der Waals surface area contributed by atoms with Crippen LogP contribution in [0.25, 0.3) is 0 Å². The van der Waals surface area contributed by atoms with Gasteiger partial charge in [0.1, 0.15) is 11.3 Å². The molecule has 0 bridgehead atoms. The molecule has 16 heteroatoms. The molecule has 3 heterocycles. The topological polar surface area (TPSA) is 122 Å². The Balaban J connectivity index is 1.35. The SMILES string of the molecule is COc1ccc(S(=O)(=O)N2CCN(S(=O)(=O)c3cnc4n3C(C)(Cc3ccc(Br)cc3)C(=O)N4c3cc(Cl)cc(Cl)c3)CC2)cc1. The van der Waals surface area contributed by atoms with Crippen LogP contribution in [0.2, 0.25) is 10.0 Å². The summed E-state index contributed by atoms with van der Waals surface area (Å²) in [7, 11) is -6.62. The first-order valence-electron chi connectivity index (χ1n) is 14.0. The number of carbonyl (C=O) groups excluding carboxylic acids is 1. The van der Waals surface area contributed by atoms with Gasteiger partial charge in [0.05, 0.1) is 23.9 Å². The molecule has 6 rings (SSSR count). The molecule has 242 valence electrons. The molecule has 11 nitrogen and oxygen atoms in total. The molecule has 3 aromatic carbocycles. The second-order valence-electron chi connectivity index (χ2n) is 11.1.